The van der Waals surface area contributed by atoms with Gasteiger partial charge in [0.2, 0.25) is 5.91 Å². The van der Waals surface area contributed by atoms with Gasteiger partial charge in [-0.15, -0.1) is 0 Å². The number of hydrogen-bond acceptors (Lipinski definition) is 3. The van der Waals surface area contributed by atoms with Crippen molar-refractivity contribution in [1.82, 2.24) is 10.6 Å². The first-order chi connectivity index (χ1) is 7.66. The molecule has 0 rings (SSSR count). The molecule has 0 unspecified atom stereocenters. The summed E-state index contributed by atoms with van der Waals surface area (Å²) in [5.74, 6) is 0.785. The van der Waals surface area contributed by atoms with Gasteiger partial charge in [-0.25, -0.2) is 0 Å². The van der Waals surface area contributed by atoms with Crippen LogP contribution in [0.15, 0.2) is 0 Å². The number of carbonyl (C=O) groups is 1. The van der Waals surface area contributed by atoms with Crippen LogP contribution in [0.1, 0.15) is 33.1 Å². The highest BCUT2D eigenvalue weighted by Gasteiger charge is 2.00. The molecule has 0 saturated heterocycles. The zero-order valence-electron chi connectivity index (χ0n) is 10.8. The minimum atomic E-state index is 0.139. The predicted octanol–water partition coefficient (Wildman–Crippen LogP) is 1.16. The lowest BCUT2D eigenvalue weighted by atomic mass is 10.1. The molecule has 0 aromatic heterocycles. The molecular weight excluding hydrogens is 204 g/mol. The summed E-state index contributed by atoms with van der Waals surface area (Å²) in [5, 5.41) is 6.12. The van der Waals surface area contributed by atoms with Crippen molar-refractivity contribution in [2.75, 3.05) is 33.4 Å². The van der Waals surface area contributed by atoms with Gasteiger partial charge in [-0.1, -0.05) is 13.8 Å². The summed E-state index contributed by atoms with van der Waals surface area (Å²) in [6.07, 6.45) is 2.60. The second-order valence-electron chi connectivity index (χ2n) is 4.38. The maximum Gasteiger partial charge on any atom is 0.221 e. The monoisotopic (exact) mass is 230 g/mol. The van der Waals surface area contributed by atoms with Crippen molar-refractivity contribution in [3.8, 4) is 0 Å². The van der Waals surface area contributed by atoms with Crippen molar-refractivity contribution in [2.45, 2.75) is 33.1 Å². The Morgan fingerprint density at radius 3 is 2.62 bits per heavy atom. The summed E-state index contributed by atoms with van der Waals surface area (Å²) >= 11 is 0. The second-order valence-corrected chi connectivity index (χ2v) is 4.38. The van der Waals surface area contributed by atoms with Crippen LogP contribution in [0.25, 0.3) is 0 Å². The van der Waals surface area contributed by atoms with Crippen LogP contribution in [0.2, 0.25) is 0 Å². The van der Waals surface area contributed by atoms with Crippen LogP contribution in [-0.2, 0) is 9.53 Å². The van der Waals surface area contributed by atoms with E-state index in [1.165, 1.54) is 0 Å². The second kappa shape index (κ2) is 10.9. The topological polar surface area (TPSA) is 50.4 Å². The standard InChI is InChI=1S/C12H26N2O2/c1-11(2)5-9-14-12(15)6-8-13-7-4-10-16-3/h11,13H,4-10H2,1-3H3,(H,14,15). The molecule has 0 bridgehead atoms. The number of carbonyl (C=O) groups excluding carboxylic acids is 1. The van der Waals surface area contributed by atoms with E-state index in [4.69, 9.17) is 4.74 Å². The van der Waals surface area contributed by atoms with Crippen LogP contribution in [0.3, 0.4) is 0 Å². The summed E-state index contributed by atoms with van der Waals surface area (Å²) in [7, 11) is 1.70. The van der Waals surface area contributed by atoms with Gasteiger partial charge in [0.05, 0.1) is 0 Å². The van der Waals surface area contributed by atoms with Crippen molar-refractivity contribution in [3.05, 3.63) is 0 Å². The van der Waals surface area contributed by atoms with Gasteiger partial charge in [-0.2, -0.15) is 0 Å². The average molecular weight is 230 g/mol. The predicted molar refractivity (Wildman–Crippen MR) is 66.4 cm³/mol. The molecular formula is C12H26N2O2. The zero-order valence-corrected chi connectivity index (χ0v) is 10.8. The minimum absolute atomic E-state index is 0.139. The molecule has 0 aromatic rings. The fraction of sp³-hybridized carbons (Fsp3) is 0.917. The summed E-state index contributed by atoms with van der Waals surface area (Å²) in [5.41, 5.74) is 0. The Balaban J connectivity index is 3.17. The first-order valence-corrected chi connectivity index (χ1v) is 6.13. The average Bonchev–Trinajstić information content (AvgIpc) is 2.22. The highest BCUT2D eigenvalue weighted by atomic mass is 16.5. The van der Waals surface area contributed by atoms with Crippen LogP contribution in [0.4, 0.5) is 0 Å². The van der Waals surface area contributed by atoms with E-state index < -0.39 is 0 Å². The van der Waals surface area contributed by atoms with Gasteiger partial charge in [0.25, 0.3) is 0 Å². The molecule has 0 fully saturated rings. The number of amides is 1. The molecule has 0 atom stereocenters. The molecule has 96 valence electrons. The minimum Gasteiger partial charge on any atom is -0.385 e. The van der Waals surface area contributed by atoms with Gasteiger partial charge >= 0.3 is 0 Å². The first-order valence-electron chi connectivity index (χ1n) is 6.13. The molecule has 1 amide bonds. The van der Waals surface area contributed by atoms with Gasteiger partial charge < -0.3 is 15.4 Å². The normalized spacial score (nSPS) is 10.8. The Hall–Kier alpha value is -0.610. The highest BCUT2D eigenvalue weighted by Crippen LogP contribution is 1.96. The number of rotatable bonds is 10. The largest absolute Gasteiger partial charge is 0.385 e. The van der Waals surface area contributed by atoms with Gasteiger partial charge in [0.1, 0.15) is 0 Å². The molecule has 16 heavy (non-hydrogen) atoms. The van der Waals surface area contributed by atoms with Crippen LogP contribution in [-0.4, -0.2) is 39.3 Å². The molecule has 0 heterocycles. The first kappa shape index (κ1) is 15.4. The third-order valence-corrected chi connectivity index (χ3v) is 2.27. The van der Waals surface area contributed by atoms with E-state index in [1.807, 2.05) is 0 Å². The lowest BCUT2D eigenvalue weighted by Gasteiger charge is -2.07. The fourth-order valence-corrected chi connectivity index (χ4v) is 1.26. The number of nitrogens with one attached hydrogen (secondary N) is 2. The molecule has 0 spiro atoms. The molecule has 0 saturated carbocycles. The molecule has 0 aromatic carbocycles. The molecule has 0 aliphatic rings. The molecule has 2 N–H and O–H groups in total. The van der Waals surface area contributed by atoms with Crippen molar-refractivity contribution in [2.24, 2.45) is 5.92 Å². The smallest absolute Gasteiger partial charge is 0.221 e. The van der Waals surface area contributed by atoms with Crippen LogP contribution >= 0.6 is 0 Å². The third-order valence-electron chi connectivity index (χ3n) is 2.27. The highest BCUT2D eigenvalue weighted by molar-refractivity contribution is 5.75. The Morgan fingerprint density at radius 2 is 2.00 bits per heavy atom. The van der Waals surface area contributed by atoms with Crippen molar-refractivity contribution in [3.63, 3.8) is 0 Å². The number of hydrogen-bond donors (Lipinski definition) is 2. The number of methoxy groups -OCH3 is 1. The van der Waals surface area contributed by atoms with Gasteiger partial charge in [0.15, 0.2) is 0 Å². The van der Waals surface area contributed by atoms with E-state index in [1.54, 1.807) is 7.11 Å². The van der Waals surface area contributed by atoms with Crippen LogP contribution < -0.4 is 10.6 Å². The van der Waals surface area contributed by atoms with Crippen LogP contribution in [0.5, 0.6) is 0 Å². The maximum atomic E-state index is 11.3. The third kappa shape index (κ3) is 11.5. The molecule has 4 nitrogen and oxygen atoms in total. The van der Waals surface area contributed by atoms with Crippen molar-refractivity contribution < 1.29 is 9.53 Å². The lowest BCUT2D eigenvalue weighted by Crippen LogP contribution is -2.29. The molecule has 0 radical (unpaired) electrons. The van der Waals surface area contributed by atoms with E-state index in [9.17, 15) is 4.79 Å². The van der Waals surface area contributed by atoms with E-state index in [2.05, 4.69) is 24.5 Å². The van der Waals surface area contributed by atoms with Crippen molar-refractivity contribution >= 4 is 5.91 Å². The quantitative estimate of drug-likeness (QED) is 0.554. The van der Waals surface area contributed by atoms with E-state index in [0.29, 0.717) is 12.3 Å². The van der Waals surface area contributed by atoms with E-state index >= 15 is 0 Å². The van der Waals surface area contributed by atoms with Crippen molar-refractivity contribution in [1.29, 1.82) is 0 Å². The van der Waals surface area contributed by atoms with E-state index in [0.717, 1.165) is 39.1 Å². The molecule has 0 aliphatic heterocycles. The fourth-order valence-electron chi connectivity index (χ4n) is 1.26. The van der Waals surface area contributed by atoms with E-state index in [-0.39, 0.29) is 5.91 Å². The van der Waals surface area contributed by atoms with Gasteiger partial charge in [-0.3, -0.25) is 4.79 Å². The summed E-state index contributed by atoms with van der Waals surface area (Å²) < 4.78 is 4.93. The summed E-state index contributed by atoms with van der Waals surface area (Å²) in [6.45, 7) is 7.53. The maximum absolute atomic E-state index is 11.3. The molecule has 0 aliphatic carbocycles. The van der Waals surface area contributed by atoms with Crippen LogP contribution in [0, 0.1) is 5.92 Å². The number of ether oxygens (including phenoxy) is 1. The van der Waals surface area contributed by atoms with Gasteiger partial charge in [0, 0.05) is 33.2 Å². The Bertz CT molecular complexity index is 172. The SMILES string of the molecule is COCCCNCCC(=O)NCCC(C)C. The summed E-state index contributed by atoms with van der Waals surface area (Å²) in [6, 6.07) is 0. The Morgan fingerprint density at radius 1 is 1.25 bits per heavy atom. The lowest BCUT2D eigenvalue weighted by molar-refractivity contribution is -0.121. The Kier molecular flexibility index (Phi) is 10.5. The Labute approximate surface area is 99.1 Å². The zero-order chi connectivity index (χ0) is 12.2. The molecule has 4 heteroatoms. The summed E-state index contributed by atoms with van der Waals surface area (Å²) in [4.78, 5) is 11.3. The van der Waals surface area contributed by atoms with Gasteiger partial charge in [-0.05, 0) is 25.3 Å².